The molecule has 2 aromatic rings. The van der Waals surface area contributed by atoms with E-state index in [2.05, 4.69) is 15.2 Å². The summed E-state index contributed by atoms with van der Waals surface area (Å²) in [5, 5.41) is 10.2. The monoisotopic (exact) mass is 211 g/mol. The lowest BCUT2D eigenvalue weighted by molar-refractivity contribution is 0.559. The topological polar surface area (TPSA) is 81.1 Å². The largest absolute Gasteiger partial charge is 0.390 e. The summed E-state index contributed by atoms with van der Waals surface area (Å²) in [6, 6.07) is 0.476. The van der Waals surface area contributed by atoms with E-state index in [0.29, 0.717) is 12.6 Å². The molecule has 0 saturated heterocycles. The molecular weight excluding hydrogens is 202 g/mol. The Morgan fingerprint density at radius 1 is 1.57 bits per heavy atom. The van der Waals surface area contributed by atoms with E-state index in [1.165, 1.54) is 0 Å². The smallest absolute Gasteiger partial charge is 0.319 e. The van der Waals surface area contributed by atoms with Crippen LogP contribution in [0.3, 0.4) is 0 Å². The fourth-order valence-electron chi connectivity index (χ4n) is 0.982. The molecule has 0 amide bonds. The predicted octanol–water partition coefficient (Wildman–Crippen LogP) is 0.745. The molecule has 0 spiro atoms. The van der Waals surface area contributed by atoms with Crippen LogP contribution in [0.25, 0.3) is 0 Å². The van der Waals surface area contributed by atoms with Gasteiger partial charge in [-0.1, -0.05) is 10.2 Å². The molecule has 0 atom stereocenters. The van der Waals surface area contributed by atoms with Gasteiger partial charge in [0, 0.05) is 18.6 Å². The van der Waals surface area contributed by atoms with Gasteiger partial charge >= 0.3 is 12.0 Å². The second-order valence-corrected chi connectivity index (χ2v) is 3.68. The van der Waals surface area contributed by atoms with Crippen LogP contribution < -0.4 is 10.6 Å². The van der Waals surface area contributed by atoms with E-state index in [-0.39, 0.29) is 6.01 Å². The van der Waals surface area contributed by atoms with Crippen LogP contribution in [0.5, 0.6) is 0 Å². The van der Waals surface area contributed by atoms with Gasteiger partial charge in [0.2, 0.25) is 0 Å². The normalized spacial score (nSPS) is 10.4. The third-order valence-corrected chi connectivity index (χ3v) is 2.38. The zero-order valence-corrected chi connectivity index (χ0v) is 8.36. The molecule has 0 radical (unpaired) electrons. The van der Waals surface area contributed by atoms with Gasteiger partial charge < -0.3 is 15.1 Å². The number of hydrogen-bond donors (Lipinski definition) is 1. The Morgan fingerprint density at radius 2 is 2.43 bits per heavy atom. The molecule has 0 aliphatic heterocycles. The van der Waals surface area contributed by atoms with E-state index < -0.39 is 0 Å². The summed E-state index contributed by atoms with van der Waals surface area (Å²) >= 11 is 1.58. The zero-order chi connectivity index (χ0) is 9.97. The Morgan fingerprint density at radius 3 is 3.00 bits per heavy atom. The number of thiazole rings is 1. The first kappa shape index (κ1) is 8.95. The Hall–Kier alpha value is -1.63. The molecule has 0 aliphatic carbocycles. The average Bonchev–Trinajstić information content (AvgIpc) is 2.75. The Labute approximate surface area is 84.4 Å². The number of anilines is 2. The maximum absolute atomic E-state index is 5.31. The van der Waals surface area contributed by atoms with E-state index in [0.717, 1.165) is 5.01 Å². The minimum absolute atomic E-state index is 0.0750. The molecule has 0 aromatic carbocycles. The minimum atomic E-state index is 0.0750. The second-order valence-electron chi connectivity index (χ2n) is 2.70. The quantitative estimate of drug-likeness (QED) is 0.806. The maximum Gasteiger partial charge on any atom is 0.319 e. The molecule has 2 rings (SSSR count). The molecule has 2 heterocycles. The van der Waals surface area contributed by atoms with Crippen molar-refractivity contribution in [1.82, 2.24) is 15.2 Å². The Balaban J connectivity index is 2.06. The summed E-state index contributed by atoms with van der Waals surface area (Å²) in [7, 11) is 1.84. The third kappa shape index (κ3) is 1.82. The molecule has 6 nitrogen and oxygen atoms in total. The highest BCUT2D eigenvalue weighted by Crippen LogP contribution is 2.15. The highest BCUT2D eigenvalue weighted by molar-refractivity contribution is 7.09. The van der Waals surface area contributed by atoms with Crippen molar-refractivity contribution in [3.05, 3.63) is 16.6 Å². The van der Waals surface area contributed by atoms with E-state index in [4.69, 9.17) is 10.2 Å². The van der Waals surface area contributed by atoms with E-state index in [1.54, 1.807) is 22.4 Å². The van der Waals surface area contributed by atoms with Gasteiger partial charge in [0.25, 0.3) is 0 Å². The van der Waals surface area contributed by atoms with Crippen LogP contribution in [0.2, 0.25) is 0 Å². The van der Waals surface area contributed by atoms with Gasteiger partial charge in [0.1, 0.15) is 5.01 Å². The van der Waals surface area contributed by atoms with Crippen LogP contribution in [-0.4, -0.2) is 22.2 Å². The summed E-state index contributed by atoms with van der Waals surface area (Å²) < 4.78 is 5.05. The van der Waals surface area contributed by atoms with Crippen LogP contribution in [0.4, 0.5) is 12.0 Å². The molecule has 14 heavy (non-hydrogen) atoms. The van der Waals surface area contributed by atoms with Crippen LogP contribution in [0, 0.1) is 0 Å². The van der Waals surface area contributed by atoms with Gasteiger partial charge in [-0.15, -0.1) is 11.3 Å². The lowest BCUT2D eigenvalue weighted by Crippen LogP contribution is -2.16. The van der Waals surface area contributed by atoms with E-state index in [1.807, 2.05) is 12.4 Å². The molecule has 7 heteroatoms. The summed E-state index contributed by atoms with van der Waals surface area (Å²) in [4.78, 5) is 5.94. The highest BCUT2D eigenvalue weighted by atomic mass is 32.1. The van der Waals surface area contributed by atoms with Gasteiger partial charge in [0.15, 0.2) is 0 Å². The van der Waals surface area contributed by atoms with E-state index in [9.17, 15) is 0 Å². The van der Waals surface area contributed by atoms with Gasteiger partial charge in [-0.2, -0.15) is 0 Å². The van der Waals surface area contributed by atoms with Gasteiger partial charge in [-0.25, -0.2) is 4.98 Å². The van der Waals surface area contributed by atoms with Crippen molar-refractivity contribution in [3.8, 4) is 0 Å². The minimum Gasteiger partial charge on any atom is -0.390 e. The zero-order valence-electron chi connectivity index (χ0n) is 7.54. The molecular formula is C7H9N5OS. The molecule has 0 fully saturated rings. The summed E-state index contributed by atoms with van der Waals surface area (Å²) in [6.07, 6.45) is 1.76. The standard InChI is InChI=1S/C7H9N5OS/c1-12(4-5-9-2-3-14-5)7-11-10-6(8)13-7/h2-3H,4H2,1H3,(H2,8,10). The molecule has 0 aliphatic rings. The Bertz CT molecular complexity index is 398. The fraction of sp³-hybridized carbons (Fsp3) is 0.286. The molecule has 2 N–H and O–H groups in total. The summed E-state index contributed by atoms with van der Waals surface area (Å²) in [5.74, 6) is 0. The van der Waals surface area contributed by atoms with Crippen LogP contribution >= 0.6 is 11.3 Å². The SMILES string of the molecule is CN(Cc1nccs1)c1nnc(N)o1. The highest BCUT2D eigenvalue weighted by Gasteiger charge is 2.10. The lowest BCUT2D eigenvalue weighted by atomic mass is 10.6. The van der Waals surface area contributed by atoms with Crippen LogP contribution in [0.15, 0.2) is 16.0 Å². The van der Waals surface area contributed by atoms with Gasteiger partial charge in [0.05, 0.1) is 6.54 Å². The van der Waals surface area contributed by atoms with E-state index >= 15 is 0 Å². The molecule has 74 valence electrons. The van der Waals surface area contributed by atoms with Crippen molar-refractivity contribution in [3.63, 3.8) is 0 Å². The number of aromatic nitrogens is 3. The van der Waals surface area contributed by atoms with Crippen molar-refractivity contribution in [2.24, 2.45) is 0 Å². The number of rotatable bonds is 3. The van der Waals surface area contributed by atoms with Crippen LogP contribution in [-0.2, 0) is 6.54 Å². The molecule has 0 bridgehead atoms. The fourth-order valence-corrected chi connectivity index (χ4v) is 1.65. The number of nitrogen functional groups attached to an aromatic ring is 1. The summed E-state index contributed by atoms with van der Waals surface area (Å²) in [6.45, 7) is 0.638. The number of nitrogens with zero attached hydrogens (tertiary/aromatic N) is 4. The van der Waals surface area contributed by atoms with Crippen molar-refractivity contribution >= 4 is 23.4 Å². The summed E-state index contributed by atoms with van der Waals surface area (Å²) in [5.41, 5.74) is 5.31. The van der Waals surface area contributed by atoms with Gasteiger partial charge in [-0.3, -0.25) is 0 Å². The first-order valence-electron chi connectivity index (χ1n) is 3.94. The molecule has 0 unspecified atom stereocenters. The first-order chi connectivity index (χ1) is 6.75. The maximum atomic E-state index is 5.31. The average molecular weight is 211 g/mol. The third-order valence-electron chi connectivity index (χ3n) is 1.61. The number of hydrogen-bond acceptors (Lipinski definition) is 7. The second kappa shape index (κ2) is 3.62. The first-order valence-corrected chi connectivity index (χ1v) is 4.82. The van der Waals surface area contributed by atoms with Crippen molar-refractivity contribution in [2.75, 3.05) is 17.7 Å². The molecule has 2 aromatic heterocycles. The van der Waals surface area contributed by atoms with Crippen LogP contribution in [0.1, 0.15) is 5.01 Å². The molecule has 0 saturated carbocycles. The number of nitrogens with two attached hydrogens (primary N) is 1. The van der Waals surface area contributed by atoms with Crippen molar-refractivity contribution < 1.29 is 4.42 Å². The lowest BCUT2D eigenvalue weighted by Gasteiger charge is -2.10. The van der Waals surface area contributed by atoms with Crippen molar-refractivity contribution in [1.29, 1.82) is 0 Å². The Kier molecular flexibility index (Phi) is 2.32. The predicted molar refractivity (Wildman–Crippen MR) is 52.9 cm³/mol. The van der Waals surface area contributed by atoms with Gasteiger partial charge in [-0.05, 0) is 0 Å². The van der Waals surface area contributed by atoms with Crippen molar-refractivity contribution in [2.45, 2.75) is 6.54 Å².